The van der Waals surface area contributed by atoms with Gasteiger partial charge >= 0.3 is 0 Å². The quantitative estimate of drug-likeness (QED) is 0.783. The maximum atomic E-state index is 11.8. The van der Waals surface area contributed by atoms with Crippen LogP contribution in [0, 0.1) is 11.8 Å². The number of hydrogen-bond donors (Lipinski definition) is 2. The minimum atomic E-state index is -3.09. The van der Waals surface area contributed by atoms with Crippen LogP contribution in [0.4, 0.5) is 0 Å². The number of hydrogen-bond acceptors (Lipinski definition) is 3. The fraction of sp³-hybridized carbons (Fsp3) is 1.00. The van der Waals surface area contributed by atoms with Gasteiger partial charge < -0.3 is 5.11 Å². The van der Waals surface area contributed by atoms with Crippen molar-refractivity contribution in [2.24, 2.45) is 11.8 Å². The molecule has 0 aromatic carbocycles. The molecule has 0 aromatic heterocycles. The van der Waals surface area contributed by atoms with E-state index < -0.39 is 10.0 Å². The largest absolute Gasteiger partial charge is 0.393 e. The molecule has 2 unspecified atom stereocenters. The molecule has 2 atom stereocenters. The highest BCUT2D eigenvalue weighted by Gasteiger charge is 2.26. The van der Waals surface area contributed by atoms with Crippen molar-refractivity contribution < 1.29 is 13.5 Å². The molecule has 0 heterocycles. The summed E-state index contributed by atoms with van der Waals surface area (Å²) in [5.74, 6) is 0.988. The minimum absolute atomic E-state index is 0.232. The van der Waals surface area contributed by atoms with E-state index in [9.17, 15) is 13.5 Å². The molecule has 0 aromatic rings. The summed E-state index contributed by atoms with van der Waals surface area (Å²) in [4.78, 5) is 0. The maximum absolute atomic E-state index is 11.8. The molecule has 100 valence electrons. The predicted molar refractivity (Wildman–Crippen MR) is 67.1 cm³/mol. The van der Waals surface area contributed by atoms with Crippen molar-refractivity contribution in [2.45, 2.75) is 51.0 Å². The third-order valence-electron chi connectivity index (χ3n) is 4.03. The summed E-state index contributed by atoms with van der Waals surface area (Å²) in [6, 6.07) is 0. The Labute approximate surface area is 104 Å². The van der Waals surface area contributed by atoms with Crippen LogP contribution in [0.25, 0.3) is 0 Å². The van der Waals surface area contributed by atoms with Crippen molar-refractivity contribution >= 4 is 10.0 Å². The standard InChI is InChI=1S/C12H23NO3S/c14-12-6-2-5-11(7-12)8-13-17(15,16)9-10-3-1-4-10/h10-14H,1-9H2. The van der Waals surface area contributed by atoms with Crippen molar-refractivity contribution in [2.75, 3.05) is 12.3 Å². The van der Waals surface area contributed by atoms with E-state index in [0.29, 0.717) is 24.1 Å². The van der Waals surface area contributed by atoms with Gasteiger partial charge in [0.1, 0.15) is 0 Å². The first-order valence-corrected chi connectivity index (χ1v) is 8.36. The van der Waals surface area contributed by atoms with Crippen LogP contribution in [0.5, 0.6) is 0 Å². The monoisotopic (exact) mass is 261 g/mol. The Balaban J connectivity index is 1.72. The molecule has 0 bridgehead atoms. The van der Waals surface area contributed by atoms with Gasteiger partial charge in [0.05, 0.1) is 11.9 Å². The topological polar surface area (TPSA) is 66.4 Å². The summed E-state index contributed by atoms with van der Waals surface area (Å²) in [6.07, 6.45) is 6.71. The van der Waals surface area contributed by atoms with Gasteiger partial charge in [0.25, 0.3) is 0 Å². The minimum Gasteiger partial charge on any atom is -0.393 e. The molecule has 0 spiro atoms. The average Bonchev–Trinajstić information content (AvgIpc) is 2.22. The van der Waals surface area contributed by atoms with Gasteiger partial charge in [-0.2, -0.15) is 0 Å². The number of rotatable bonds is 5. The molecule has 2 aliphatic carbocycles. The van der Waals surface area contributed by atoms with Gasteiger partial charge in [0.15, 0.2) is 0 Å². The van der Waals surface area contributed by atoms with Crippen molar-refractivity contribution in [1.29, 1.82) is 0 Å². The van der Waals surface area contributed by atoms with Gasteiger partial charge in [-0.25, -0.2) is 13.1 Å². The summed E-state index contributed by atoms with van der Waals surface area (Å²) in [5.41, 5.74) is 0. The molecule has 4 nitrogen and oxygen atoms in total. The van der Waals surface area contributed by atoms with E-state index in [2.05, 4.69) is 4.72 Å². The van der Waals surface area contributed by atoms with Crippen molar-refractivity contribution in [3.8, 4) is 0 Å². The zero-order valence-electron chi connectivity index (χ0n) is 10.3. The van der Waals surface area contributed by atoms with Gasteiger partial charge in [-0.1, -0.05) is 12.8 Å². The fourth-order valence-corrected chi connectivity index (χ4v) is 4.28. The first-order chi connectivity index (χ1) is 8.05. The summed E-state index contributed by atoms with van der Waals surface area (Å²) in [6.45, 7) is 0.506. The molecule has 2 aliphatic rings. The highest BCUT2D eigenvalue weighted by atomic mass is 32.2. The van der Waals surface area contributed by atoms with Crippen LogP contribution >= 0.6 is 0 Å². The highest BCUT2D eigenvalue weighted by Crippen LogP contribution is 2.28. The lowest BCUT2D eigenvalue weighted by molar-refractivity contribution is 0.102. The van der Waals surface area contributed by atoms with Gasteiger partial charge in [0.2, 0.25) is 10.0 Å². The zero-order valence-corrected chi connectivity index (χ0v) is 11.1. The second-order valence-corrected chi connectivity index (χ2v) is 7.46. The lowest BCUT2D eigenvalue weighted by atomic mass is 9.87. The van der Waals surface area contributed by atoms with E-state index in [1.54, 1.807) is 0 Å². The summed E-state index contributed by atoms with van der Waals surface area (Å²) in [7, 11) is -3.09. The first kappa shape index (κ1) is 13.3. The Morgan fingerprint density at radius 1 is 1.06 bits per heavy atom. The Kier molecular flexibility index (Phi) is 4.44. The van der Waals surface area contributed by atoms with Crippen molar-refractivity contribution in [3.05, 3.63) is 0 Å². The van der Waals surface area contributed by atoms with E-state index in [-0.39, 0.29) is 6.10 Å². The van der Waals surface area contributed by atoms with E-state index in [0.717, 1.165) is 38.5 Å². The van der Waals surface area contributed by atoms with E-state index in [1.165, 1.54) is 6.42 Å². The van der Waals surface area contributed by atoms with Crippen molar-refractivity contribution in [1.82, 2.24) is 4.72 Å². The molecular formula is C12H23NO3S. The molecule has 17 heavy (non-hydrogen) atoms. The Hall–Kier alpha value is -0.130. The average molecular weight is 261 g/mol. The number of aliphatic hydroxyl groups excluding tert-OH is 1. The smallest absolute Gasteiger partial charge is 0.211 e. The highest BCUT2D eigenvalue weighted by molar-refractivity contribution is 7.89. The molecule has 0 amide bonds. The SMILES string of the molecule is O=S(=O)(CC1CCC1)NCC1CCCC(O)C1. The molecular weight excluding hydrogens is 238 g/mol. The van der Waals surface area contributed by atoms with Gasteiger partial charge in [-0.3, -0.25) is 0 Å². The van der Waals surface area contributed by atoms with Crippen LogP contribution in [0.3, 0.4) is 0 Å². The lowest BCUT2D eigenvalue weighted by Gasteiger charge is -2.27. The Morgan fingerprint density at radius 2 is 1.71 bits per heavy atom. The lowest BCUT2D eigenvalue weighted by Crippen LogP contribution is -2.37. The molecule has 0 aliphatic heterocycles. The third-order valence-corrected chi connectivity index (χ3v) is 5.54. The van der Waals surface area contributed by atoms with Crippen LogP contribution in [0.2, 0.25) is 0 Å². The predicted octanol–water partition coefficient (Wildman–Crippen LogP) is 1.26. The molecule has 2 rings (SSSR count). The third kappa shape index (κ3) is 4.23. The second-order valence-electron chi connectivity index (χ2n) is 5.61. The van der Waals surface area contributed by atoms with Crippen LogP contribution in [-0.4, -0.2) is 31.9 Å². The van der Waals surface area contributed by atoms with E-state index in [1.807, 2.05) is 0 Å². The first-order valence-electron chi connectivity index (χ1n) is 6.70. The van der Waals surface area contributed by atoms with E-state index >= 15 is 0 Å². The molecule has 0 saturated heterocycles. The normalized spacial score (nSPS) is 31.1. The Bertz CT molecular complexity index is 338. The summed E-state index contributed by atoms with van der Waals surface area (Å²) >= 11 is 0. The summed E-state index contributed by atoms with van der Waals surface area (Å²) in [5, 5.41) is 9.52. The number of nitrogens with one attached hydrogen (secondary N) is 1. The van der Waals surface area contributed by atoms with Gasteiger partial charge in [0, 0.05) is 6.54 Å². The molecule has 5 heteroatoms. The van der Waals surface area contributed by atoms with E-state index in [4.69, 9.17) is 0 Å². The second kappa shape index (κ2) is 5.67. The molecule has 2 saturated carbocycles. The zero-order chi connectivity index (χ0) is 12.3. The van der Waals surface area contributed by atoms with Crippen LogP contribution in [-0.2, 0) is 10.0 Å². The van der Waals surface area contributed by atoms with Crippen molar-refractivity contribution in [3.63, 3.8) is 0 Å². The fourth-order valence-electron chi connectivity index (χ4n) is 2.72. The molecule has 2 N–H and O–H groups in total. The van der Waals surface area contributed by atoms with Crippen LogP contribution < -0.4 is 4.72 Å². The maximum Gasteiger partial charge on any atom is 0.211 e. The number of sulfonamides is 1. The molecule has 0 radical (unpaired) electrons. The van der Waals surface area contributed by atoms with Crippen LogP contribution in [0.1, 0.15) is 44.9 Å². The van der Waals surface area contributed by atoms with Crippen LogP contribution in [0.15, 0.2) is 0 Å². The Morgan fingerprint density at radius 3 is 2.29 bits per heavy atom. The summed E-state index contributed by atoms with van der Waals surface area (Å²) < 4.78 is 26.3. The number of aliphatic hydroxyl groups is 1. The van der Waals surface area contributed by atoms with Gasteiger partial charge in [-0.05, 0) is 43.9 Å². The molecule has 2 fully saturated rings. The van der Waals surface area contributed by atoms with Gasteiger partial charge in [-0.15, -0.1) is 0 Å².